The number of hydrogen-bond acceptors (Lipinski definition) is 3. The van der Waals surface area contributed by atoms with Crippen molar-refractivity contribution >= 4 is 21.7 Å². The Labute approximate surface area is 160 Å². The molecule has 0 aliphatic rings. The van der Waals surface area contributed by atoms with Gasteiger partial charge in [0.1, 0.15) is 18.1 Å². The number of nitrogens with one attached hydrogen (secondary N) is 2. The van der Waals surface area contributed by atoms with Crippen molar-refractivity contribution in [2.45, 2.75) is 6.61 Å². The summed E-state index contributed by atoms with van der Waals surface area (Å²) in [5.74, 6) is 1.01. The monoisotopic (exact) mass is 370 g/mol. The average molecular weight is 370 g/mol. The molecule has 0 aliphatic heterocycles. The Morgan fingerprint density at radius 1 is 0.857 bits per heavy atom. The molecule has 0 bridgehead atoms. The summed E-state index contributed by atoms with van der Waals surface area (Å²) in [5, 5.41) is 22.6. The van der Waals surface area contributed by atoms with Crippen LogP contribution in [0.5, 0.6) is 17.4 Å². The lowest BCUT2D eigenvalue weighted by atomic mass is 10.0. The number of aromatic hydroxyl groups is 2. The lowest BCUT2D eigenvalue weighted by Crippen LogP contribution is -1.94. The molecule has 5 rings (SSSR count). The van der Waals surface area contributed by atoms with E-state index in [-0.39, 0.29) is 11.6 Å². The Balaban J connectivity index is 1.51. The van der Waals surface area contributed by atoms with Crippen molar-refractivity contribution in [2.24, 2.45) is 0 Å². The fraction of sp³-hybridized carbons (Fsp3) is 0.0435. The van der Waals surface area contributed by atoms with E-state index in [4.69, 9.17) is 4.74 Å². The number of phenols is 1. The maximum absolute atomic E-state index is 10.2. The highest BCUT2D eigenvalue weighted by atomic mass is 16.5. The highest BCUT2D eigenvalue weighted by Crippen LogP contribution is 2.38. The Bertz CT molecular complexity index is 1290. The maximum atomic E-state index is 10.2. The minimum atomic E-state index is 0.0792. The normalized spacial score (nSPS) is 11.3. The molecule has 0 aliphatic carbocycles. The van der Waals surface area contributed by atoms with E-state index in [0.717, 1.165) is 38.9 Å². The van der Waals surface area contributed by atoms with Crippen LogP contribution in [0.3, 0.4) is 0 Å². The maximum Gasteiger partial charge on any atom is 0.197 e. The van der Waals surface area contributed by atoms with E-state index in [1.807, 2.05) is 54.6 Å². The van der Waals surface area contributed by atoms with E-state index in [9.17, 15) is 10.2 Å². The van der Waals surface area contributed by atoms with Crippen molar-refractivity contribution in [1.82, 2.24) is 9.97 Å². The van der Waals surface area contributed by atoms with Gasteiger partial charge in [0.05, 0.1) is 5.39 Å². The number of phenolic OH excluding ortho intramolecular Hbond substituents is 1. The molecule has 0 amide bonds. The number of H-pyrrole nitrogens is 2. The van der Waals surface area contributed by atoms with Crippen LogP contribution in [0.4, 0.5) is 0 Å². The van der Waals surface area contributed by atoms with Crippen molar-refractivity contribution in [3.05, 3.63) is 78.5 Å². The highest BCUT2D eigenvalue weighted by Gasteiger charge is 2.14. The van der Waals surface area contributed by atoms with E-state index in [1.54, 1.807) is 18.3 Å². The second-order valence-corrected chi connectivity index (χ2v) is 6.80. The summed E-state index contributed by atoms with van der Waals surface area (Å²) in [6.07, 6.45) is 1.67. The Morgan fingerprint density at radius 3 is 2.57 bits per heavy atom. The van der Waals surface area contributed by atoms with Crippen LogP contribution >= 0.6 is 0 Å². The summed E-state index contributed by atoms with van der Waals surface area (Å²) >= 11 is 0. The molecule has 2 heterocycles. The third kappa shape index (κ3) is 2.83. The first-order valence-corrected chi connectivity index (χ1v) is 9.00. The number of hydrogen-bond donors (Lipinski definition) is 4. The van der Waals surface area contributed by atoms with Crippen LogP contribution in [0.15, 0.2) is 72.9 Å². The molecule has 0 saturated carbocycles. The summed E-state index contributed by atoms with van der Waals surface area (Å²) in [6.45, 7) is 0.508. The number of rotatable bonds is 4. The van der Waals surface area contributed by atoms with Gasteiger partial charge in [0.15, 0.2) is 5.88 Å². The first-order chi connectivity index (χ1) is 13.7. The second-order valence-electron chi connectivity index (χ2n) is 6.80. The van der Waals surface area contributed by atoms with Crippen LogP contribution in [0.1, 0.15) is 5.56 Å². The molecule has 0 saturated heterocycles. The fourth-order valence-electron chi connectivity index (χ4n) is 3.54. The smallest absolute Gasteiger partial charge is 0.197 e. The molecule has 5 nitrogen and oxygen atoms in total. The molecule has 0 unspecified atom stereocenters. The minimum absolute atomic E-state index is 0.0792. The van der Waals surface area contributed by atoms with Gasteiger partial charge in [-0.15, -0.1) is 0 Å². The molecule has 0 atom stereocenters. The van der Waals surface area contributed by atoms with Gasteiger partial charge in [-0.1, -0.05) is 30.3 Å². The van der Waals surface area contributed by atoms with Crippen LogP contribution in [0.25, 0.3) is 32.9 Å². The number of benzene rings is 3. The third-order valence-corrected chi connectivity index (χ3v) is 4.89. The van der Waals surface area contributed by atoms with Crippen molar-refractivity contribution < 1.29 is 14.9 Å². The van der Waals surface area contributed by atoms with Crippen molar-refractivity contribution in [2.75, 3.05) is 0 Å². The van der Waals surface area contributed by atoms with E-state index >= 15 is 0 Å². The summed E-state index contributed by atoms with van der Waals surface area (Å²) in [6, 6.07) is 21.2. The second kappa shape index (κ2) is 6.39. The Morgan fingerprint density at radius 2 is 1.71 bits per heavy atom. The van der Waals surface area contributed by atoms with E-state index in [2.05, 4.69) is 9.97 Å². The quantitative estimate of drug-likeness (QED) is 0.346. The van der Waals surface area contributed by atoms with E-state index in [0.29, 0.717) is 12.0 Å². The standard InChI is InChI=1S/C23H18N2O3/c26-17-8-16-12-24-23(27)22(16)19(11-17)21-10-15-9-18(6-7-20(15)25-21)28-13-14-4-2-1-3-5-14/h1-12,24-27H,13H2. The third-order valence-electron chi connectivity index (χ3n) is 4.89. The van der Waals surface area contributed by atoms with Gasteiger partial charge >= 0.3 is 0 Å². The van der Waals surface area contributed by atoms with Gasteiger partial charge < -0.3 is 24.9 Å². The molecule has 5 heteroatoms. The predicted octanol–water partition coefficient (Wildman–Crippen LogP) is 5.31. The van der Waals surface area contributed by atoms with Gasteiger partial charge in [0, 0.05) is 33.7 Å². The van der Waals surface area contributed by atoms with E-state index < -0.39 is 0 Å². The lowest BCUT2D eigenvalue weighted by Gasteiger charge is -2.06. The zero-order chi connectivity index (χ0) is 19.1. The number of aromatic amines is 2. The van der Waals surface area contributed by atoms with Gasteiger partial charge in [-0.25, -0.2) is 0 Å². The van der Waals surface area contributed by atoms with Crippen LogP contribution in [-0.4, -0.2) is 20.2 Å². The zero-order valence-corrected chi connectivity index (χ0v) is 14.9. The first-order valence-electron chi connectivity index (χ1n) is 9.00. The molecule has 5 aromatic rings. The molecule has 138 valence electrons. The zero-order valence-electron chi connectivity index (χ0n) is 14.9. The topological polar surface area (TPSA) is 81.3 Å². The van der Waals surface area contributed by atoms with E-state index in [1.165, 1.54) is 0 Å². The summed E-state index contributed by atoms with van der Waals surface area (Å²) in [4.78, 5) is 6.16. The predicted molar refractivity (Wildman–Crippen MR) is 110 cm³/mol. The largest absolute Gasteiger partial charge is 0.508 e. The molecule has 3 aromatic carbocycles. The number of ether oxygens (including phenoxy) is 1. The minimum Gasteiger partial charge on any atom is -0.508 e. The Hall–Kier alpha value is -3.86. The first kappa shape index (κ1) is 16.3. The van der Waals surface area contributed by atoms with Crippen LogP contribution in [0, 0.1) is 0 Å². The van der Waals surface area contributed by atoms with Crippen LogP contribution in [-0.2, 0) is 6.61 Å². The SMILES string of the molecule is Oc1cc(-c2cc3cc(OCc4ccccc4)ccc3[nH]2)c2c(O)[nH]cc2c1. The Kier molecular flexibility index (Phi) is 3.72. The van der Waals surface area contributed by atoms with Gasteiger partial charge in [0.25, 0.3) is 0 Å². The number of aromatic nitrogens is 2. The summed E-state index contributed by atoms with van der Waals surface area (Å²) in [5.41, 5.74) is 3.61. The van der Waals surface area contributed by atoms with Crippen LogP contribution < -0.4 is 4.74 Å². The van der Waals surface area contributed by atoms with Crippen molar-refractivity contribution in [1.29, 1.82) is 0 Å². The average Bonchev–Trinajstić information content (AvgIpc) is 3.30. The van der Waals surface area contributed by atoms with Crippen molar-refractivity contribution in [3.63, 3.8) is 0 Å². The van der Waals surface area contributed by atoms with Gasteiger partial charge in [-0.2, -0.15) is 0 Å². The molecular formula is C23H18N2O3. The molecule has 2 aromatic heterocycles. The molecule has 0 fully saturated rings. The molecule has 0 radical (unpaired) electrons. The summed E-state index contributed by atoms with van der Waals surface area (Å²) in [7, 11) is 0. The van der Waals surface area contributed by atoms with Crippen molar-refractivity contribution in [3.8, 4) is 28.6 Å². The van der Waals surface area contributed by atoms with Gasteiger partial charge in [0.2, 0.25) is 0 Å². The van der Waals surface area contributed by atoms with Crippen LogP contribution in [0.2, 0.25) is 0 Å². The molecule has 0 spiro atoms. The molecule has 28 heavy (non-hydrogen) atoms. The highest BCUT2D eigenvalue weighted by molar-refractivity contribution is 6.02. The number of fused-ring (bicyclic) bond motifs is 2. The molecular weight excluding hydrogens is 352 g/mol. The molecule has 4 N–H and O–H groups in total. The summed E-state index contributed by atoms with van der Waals surface area (Å²) < 4.78 is 5.91. The van der Waals surface area contributed by atoms with Gasteiger partial charge in [-0.05, 0) is 42.0 Å². The fourth-order valence-corrected chi connectivity index (χ4v) is 3.54. The van der Waals surface area contributed by atoms with Gasteiger partial charge in [-0.3, -0.25) is 0 Å². The lowest BCUT2D eigenvalue weighted by molar-refractivity contribution is 0.306.